The van der Waals surface area contributed by atoms with Gasteiger partial charge in [0, 0.05) is 6.54 Å². The van der Waals surface area contributed by atoms with Gasteiger partial charge in [-0.2, -0.15) is 0 Å². The van der Waals surface area contributed by atoms with Crippen molar-refractivity contribution in [2.75, 3.05) is 0 Å². The molecule has 0 rings (SSSR count). The molecule has 53 valence electrons. The molecular formula is C7H14NO. The van der Waals surface area contributed by atoms with Gasteiger partial charge in [-0.1, -0.05) is 20.8 Å². The maximum atomic E-state index is 9.75. The lowest BCUT2D eigenvalue weighted by Gasteiger charge is -2.16. The highest BCUT2D eigenvalue weighted by molar-refractivity contribution is 5.46. The number of hydrogen-bond acceptors (Lipinski definition) is 1. The zero-order valence-corrected chi connectivity index (χ0v) is 6.27. The number of rotatable bonds is 3. The van der Waals surface area contributed by atoms with E-state index in [0.717, 1.165) is 6.42 Å². The molecule has 0 aromatic rings. The quantitative estimate of drug-likeness (QED) is 0.451. The summed E-state index contributed by atoms with van der Waals surface area (Å²) in [5, 5.41) is 2.50. The summed E-state index contributed by atoms with van der Waals surface area (Å²) in [6.07, 6.45) is 1.59. The lowest BCUT2D eigenvalue weighted by atomic mass is 9.92. The minimum absolute atomic E-state index is 0.274. The molecule has 0 aliphatic carbocycles. The van der Waals surface area contributed by atoms with E-state index < -0.39 is 0 Å². The molecule has 2 heteroatoms. The van der Waals surface area contributed by atoms with Gasteiger partial charge < -0.3 is 5.32 Å². The number of amides is 1. The van der Waals surface area contributed by atoms with E-state index in [1.807, 2.05) is 0 Å². The zero-order chi connectivity index (χ0) is 7.33. The Labute approximate surface area is 56.6 Å². The lowest BCUT2D eigenvalue weighted by Crippen LogP contribution is -2.13. The molecule has 1 radical (unpaired) electrons. The molecule has 1 N–H and O–H groups in total. The second-order valence-electron chi connectivity index (χ2n) is 3.25. The molecule has 0 fully saturated rings. The minimum atomic E-state index is 0.274. The van der Waals surface area contributed by atoms with Gasteiger partial charge in [0.25, 0.3) is 0 Å². The molecule has 0 aliphatic heterocycles. The fourth-order valence-corrected chi connectivity index (χ4v) is 0.413. The van der Waals surface area contributed by atoms with Crippen LogP contribution in [0.1, 0.15) is 27.2 Å². The van der Waals surface area contributed by atoms with Gasteiger partial charge in [-0.3, -0.25) is 4.79 Å². The van der Waals surface area contributed by atoms with Crippen LogP contribution in [0.15, 0.2) is 0 Å². The molecule has 0 aromatic heterocycles. The Morgan fingerprint density at radius 3 is 2.33 bits per heavy atom. The third-order valence-corrected chi connectivity index (χ3v) is 0.900. The van der Waals surface area contributed by atoms with Crippen LogP contribution in [-0.2, 0) is 4.79 Å². The monoisotopic (exact) mass is 128 g/mol. The lowest BCUT2D eigenvalue weighted by molar-refractivity contribution is -0.109. The summed E-state index contributed by atoms with van der Waals surface area (Å²) in [5.74, 6) is 0. The van der Waals surface area contributed by atoms with Gasteiger partial charge in [0.15, 0.2) is 0 Å². The maximum absolute atomic E-state index is 9.75. The van der Waals surface area contributed by atoms with Crippen molar-refractivity contribution < 1.29 is 4.79 Å². The van der Waals surface area contributed by atoms with Crippen LogP contribution in [0.2, 0.25) is 0 Å². The molecule has 0 unspecified atom stereocenters. The number of hydrogen-bond donors (Lipinski definition) is 1. The van der Waals surface area contributed by atoms with Crippen molar-refractivity contribution in [2.24, 2.45) is 5.41 Å². The third kappa shape index (κ3) is 7.47. The summed E-state index contributed by atoms with van der Waals surface area (Å²) in [7, 11) is 0. The number of carbonyl (C=O) groups excluding carboxylic acids is 1. The van der Waals surface area contributed by atoms with Gasteiger partial charge >= 0.3 is 0 Å². The van der Waals surface area contributed by atoms with E-state index in [-0.39, 0.29) is 5.41 Å². The molecular weight excluding hydrogens is 114 g/mol. The van der Waals surface area contributed by atoms with Crippen LogP contribution in [-0.4, -0.2) is 6.41 Å². The summed E-state index contributed by atoms with van der Waals surface area (Å²) in [5.41, 5.74) is 0.274. The van der Waals surface area contributed by atoms with Crippen LogP contribution in [0.25, 0.3) is 0 Å². The Balaban J connectivity index is 3.17. The Bertz CT molecular complexity index is 83.4. The molecule has 0 spiro atoms. The molecule has 0 atom stereocenters. The molecule has 0 saturated carbocycles. The zero-order valence-electron chi connectivity index (χ0n) is 6.27. The highest BCUT2D eigenvalue weighted by Crippen LogP contribution is 2.18. The van der Waals surface area contributed by atoms with Crippen LogP contribution in [0.4, 0.5) is 0 Å². The van der Waals surface area contributed by atoms with E-state index in [2.05, 4.69) is 26.1 Å². The van der Waals surface area contributed by atoms with Crippen molar-refractivity contribution in [1.29, 1.82) is 0 Å². The molecule has 0 heterocycles. The van der Waals surface area contributed by atoms with Gasteiger partial charge in [0.2, 0.25) is 6.41 Å². The molecule has 0 aliphatic rings. The third-order valence-electron chi connectivity index (χ3n) is 0.900. The van der Waals surface area contributed by atoms with E-state index in [4.69, 9.17) is 0 Å². The smallest absolute Gasteiger partial charge is 0.207 e. The van der Waals surface area contributed by atoms with E-state index in [1.54, 1.807) is 6.54 Å². The van der Waals surface area contributed by atoms with Crippen LogP contribution >= 0.6 is 0 Å². The molecule has 1 amide bonds. The predicted molar refractivity (Wildman–Crippen MR) is 37.6 cm³/mol. The second-order valence-corrected chi connectivity index (χ2v) is 3.25. The molecule has 2 nitrogen and oxygen atoms in total. The first-order chi connectivity index (χ1) is 4.06. The summed E-state index contributed by atoms with van der Waals surface area (Å²) >= 11 is 0. The predicted octanol–water partition coefficient (Wildman–Crippen LogP) is 1.33. The summed E-state index contributed by atoms with van der Waals surface area (Å²) in [6.45, 7) is 8.13. The van der Waals surface area contributed by atoms with Crippen molar-refractivity contribution in [3.63, 3.8) is 0 Å². The van der Waals surface area contributed by atoms with Gasteiger partial charge in [-0.05, 0) is 11.8 Å². The van der Waals surface area contributed by atoms with E-state index >= 15 is 0 Å². The molecule has 9 heavy (non-hydrogen) atoms. The van der Waals surface area contributed by atoms with Crippen LogP contribution in [0.5, 0.6) is 0 Å². The first kappa shape index (κ1) is 8.47. The molecule has 0 saturated heterocycles. The Morgan fingerprint density at radius 2 is 2.00 bits per heavy atom. The van der Waals surface area contributed by atoms with Gasteiger partial charge in [-0.25, -0.2) is 0 Å². The fraction of sp³-hybridized carbons (Fsp3) is 0.714. The fourth-order valence-electron chi connectivity index (χ4n) is 0.413. The summed E-state index contributed by atoms with van der Waals surface area (Å²) in [6, 6.07) is 0. The van der Waals surface area contributed by atoms with Crippen molar-refractivity contribution in [2.45, 2.75) is 27.2 Å². The first-order valence-electron chi connectivity index (χ1n) is 3.07. The van der Waals surface area contributed by atoms with Crippen molar-refractivity contribution >= 4 is 6.41 Å². The Hall–Kier alpha value is -0.530. The van der Waals surface area contributed by atoms with Gasteiger partial charge in [-0.15, -0.1) is 0 Å². The van der Waals surface area contributed by atoms with Crippen molar-refractivity contribution in [3.8, 4) is 0 Å². The first-order valence-corrected chi connectivity index (χ1v) is 3.07. The largest absolute Gasteiger partial charge is 0.354 e. The van der Waals surface area contributed by atoms with Crippen LogP contribution < -0.4 is 5.32 Å². The number of carbonyl (C=O) groups is 1. The minimum Gasteiger partial charge on any atom is -0.354 e. The van der Waals surface area contributed by atoms with E-state index in [1.165, 1.54) is 0 Å². The van der Waals surface area contributed by atoms with Crippen LogP contribution in [0.3, 0.4) is 0 Å². The van der Waals surface area contributed by atoms with E-state index in [9.17, 15) is 4.79 Å². The van der Waals surface area contributed by atoms with E-state index in [0.29, 0.717) is 6.41 Å². The SMILES string of the molecule is CC(C)(C)C[CH]NC=O. The van der Waals surface area contributed by atoms with Crippen molar-refractivity contribution in [1.82, 2.24) is 5.32 Å². The summed E-state index contributed by atoms with van der Waals surface area (Å²) in [4.78, 5) is 9.75. The summed E-state index contributed by atoms with van der Waals surface area (Å²) < 4.78 is 0. The Kier molecular flexibility index (Phi) is 3.28. The van der Waals surface area contributed by atoms with Crippen LogP contribution in [0, 0.1) is 12.0 Å². The standard InChI is InChI=1S/C7H14NO/c1-7(2,3)4-5-8-6-9/h5-6H,4H2,1-3H3,(H,8,9). The average Bonchev–Trinajstić information content (AvgIpc) is 1.63. The molecule has 0 aromatic carbocycles. The second kappa shape index (κ2) is 3.49. The van der Waals surface area contributed by atoms with Gasteiger partial charge in [0.05, 0.1) is 0 Å². The molecule has 0 bridgehead atoms. The van der Waals surface area contributed by atoms with Crippen molar-refractivity contribution in [3.05, 3.63) is 6.54 Å². The van der Waals surface area contributed by atoms with Gasteiger partial charge in [0.1, 0.15) is 0 Å². The Morgan fingerprint density at radius 1 is 1.44 bits per heavy atom. The average molecular weight is 128 g/mol. The topological polar surface area (TPSA) is 29.1 Å². The highest BCUT2D eigenvalue weighted by Gasteiger charge is 2.08. The highest BCUT2D eigenvalue weighted by atomic mass is 16.1. The maximum Gasteiger partial charge on any atom is 0.207 e. The number of nitrogens with one attached hydrogen (secondary N) is 1. The normalized spacial score (nSPS) is 11.0.